The Bertz CT molecular complexity index is 499. The highest BCUT2D eigenvalue weighted by atomic mass is 19.1. The average molecular weight is 219 g/mol. The number of nitrogens with one attached hydrogen (secondary N) is 1. The van der Waals surface area contributed by atoms with Gasteiger partial charge in [0.25, 0.3) is 0 Å². The molecule has 0 aliphatic carbocycles. The first kappa shape index (κ1) is 11.0. The van der Waals surface area contributed by atoms with E-state index >= 15 is 0 Å². The monoisotopic (exact) mass is 219 g/mol. The molecule has 84 valence electrons. The SMILES string of the molecule is CNC(C)Cc1ncc2cccc(F)c2n1. The van der Waals surface area contributed by atoms with Crippen molar-refractivity contribution in [2.75, 3.05) is 7.05 Å². The number of benzene rings is 1. The van der Waals surface area contributed by atoms with Gasteiger partial charge >= 0.3 is 0 Å². The van der Waals surface area contributed by atoms with Gasteiger partial charge in [-0.25, -0.2) is 14.4 Å². The van der Waals surface area contributed by atoms with E-state index in [0.29, 0.717) is 17.8 Å². The number of aromatic nitrogens is 2. The van der Waals surface area contributed by atoms with Gasteiger partial charge in [-0.15, -0.1) is 0 Å². The zero-order valence-electron chi connectivity index (χ0n) is 9.37. The smallest absolute Gasteiger partial charge is 0.149 e. The van der Waals surface area contributed by atoms with Gasteiger partial charge in [0.1, 0.15) is 17.2 Å². The summed E-state index contributed by atoms with van der Waals surface area (Å²) in [5, 5.41) is 3.84. The van der Waals surface area contributed by atoms with Crippen LogP contribution in [0.3, 0.4) is 0 Å². The van der Waals surface area contributed by atoms with E-state index in [0.717, 1.165) is 5.39 Å². The fraction of sp³-hybridized carbons (Fsp3) is 0.333. The van der Waals surface area contributed by atoms with Crippen molar-refractivity contribution in [1.82, 2.24) is 15.3 Å². The molecule has 1 aromatic heterocycles. The van der Waals surface area contributed by atoms with E-state index < -0.39 is 0 Å². The number of fused-ring (bicyclic) bond motifs is 1. The zero-order chi connectivity index (χ0) is 11.5. The Morgan fingerprint density at radius 2 is 2.25 bits per heavy atom. The van der Waals surface area contributed by atoms with E-state index in [4.69, 9.17) is 0 Å². The lowest BCUT2D eigenvalue weighted by Crippen LogP contribution is -2.24. The first-order valence-corrected chi connectivity index (χ1v) is 5.28. The molecule has 2 rings (SSSR count). The van der Waals surface area contributed by atoms with E-state index in [2.05, 4.69) is 15.3 Å². The lowest BCUT2D eigenvalue weighted by molar-refractivity contribution is 0.590. The Labute approximate surface area is 93.7 Å². The van der Waals surface area contributed by atoms with E-state index in [1.165, 1.54) is 6.07 Å². The first-order valence-electron chi connectivity index (χ1n) is 5.28. The molecule has 0 amide bonds. The minimum absolute atomic E-state index is 0.282. The highest BCUT2D eigenvalue weighted by molar-refractivity contribution is 5.77. The summed E-state index contributed by atoms with van der Waals surface area (Å²) in [4.78, 5) is 8.45. The maximum absolute atomic E-state index is 13.5. The molecule has 1 heterocycles. The molecule has 3 nitrogen and oxygen atoms in total. The van der Waals surface area contributed by atoms with Gasteiger partial charge in [-0.3, -0.25) is 0 Å². The average Bonchev–Trinajstić information content (AvgIpc) is 2.30. The van der Waals surface area contributed by atoms with E-state index in [1.807, 2.05) is 20.0 Å². The third-order valence-electron chi connectivity index (χ3n) is 2.59. The molecule has 0 fully saturated rings. The van der Waals surface area contributed by atoms with Crippen LogP contribution in [-0.4, -0.2) is 23.1 Å². The number of halogens is 1. The summed E-state index contributed by atoms with van der Waals surface area (Å²) in [5.74, 6) is 0.373. The topological polar surface area (TPSA) is 37.8 Å². The summed E-state index contributed by atoms with van der Waals surface area (Å²) in [7, 11) is 1.88. The minimum Gasteiger partial charge on any atom is -0.317 e. The van der Waals surface area contributed by atoms with Gasteiger partial charge in [-0.2, -0.15) is 0 Å². The van der Waals surface area contributed by atoms with Crippen LogP contribution in [0.5, 0.6) is 0 Å². The van der Waals surface area contributed by atoms with Crippen LogP contribution in [-0.2, 0) is 6.42 Å². The largest absolute Gasteiger partial charge is 0.317 e. The highest BCUT2D eigenvalue weighted by Crippen LogP contribution is 2.14. The van der Waals surface area contributed by atoms with E-state index in [9.17, 15) is 4.39 Å². The molecule has 1 unspecified atom stereocenters. The predicted octanol–water partition coefficient (Wildman–Crippen LogP) is 1.92. The first-order chi connectivity index (χ1) is 7.70. The van der Waals surface area contributed by atoms with Crippen molar-refractivity contribution in [1.29, 1.82) is 0 Å². The van der Waals surface area contributed by atoms with Gasteiger partial charge in [0.05, 0.1) is 0 Å². The molecule has 1 N–H and O–H groups in total. The van der Waals surface area contributed by atoms with Crippen molar-refractivity contribution in [2.45, 2.75) is 19.4 Å². The molecule has 2 aromatic rings. The summed E-state index contributed by atoms with van der Waals surface area (Å²) >= 11 is 0. The molecule has 1 aromatic carbocycles. The number of para-hydroxylation sites is 1. The van der Waals surface area contributed by atoms with Gasteiger partial charge in [0.15, 0.2) is 0 Å². The summed E-state index contributed by atoms with van der Waals surface area (Å²) in [6.45, 7) is 2.04. The fourth-order valence-electron chi connectivity index (χ4n) is 1.53. The third-order valence-corrected chi connectivity index (χ3v) is 2.59. The Balaban J connectivity index is 2.39. The van der Waals surface area contributed by atoms with Gasteiger partial charge in [0, 0.05) is 24.0 Å². The van der Waals surface area contributed by atoms with Crippen LogP contribution >= 0.6 is 0 Å². The molecule has 0 saturated carbocycles. The molecule has 0 bridgehead atoms. The zero-order valence-corrected chi connectivity index (χ0v) is 9.37. The highest BCUT2D eigenvalue weighted by Gasteiger charge is 2.07. The third kappa shape index (κ3) is 2.17. The van der Waals surface area contributed by atoms with Gasteiger partial charge < -0.3 is 5.32 Å². The summed E-state index contributed by atoms with van der Waals surface area (Å²) in [6, 6.07) is 5.17. The second-order valence-corrected chi connectivity index (χ2v) is 3.86. The Kier molecular flexibility index (Phi) is 3.10. The molecular formula is C12H14FN3. The molecule has 16 heavy (non-hydrogen) atoms. The number of nitrogens with zero attached hydrogens (tertiary/aromatic N) is 2. The number of likely N-dealkylation sites (N-methyl/N-ethyl adjacent to an activating group) is 1. The van der Waals surface area contributed by atoms with Gasteiger partial charge in [0.2, 0.25) is 0 Å². The summed E-state index contributed by atoms with van der Waals surface area (Å²) < 4.78 is 13.5. The summed E-state index contributed by atoms with van der Waals surface area (Å²) in [6.07, 6.45) is 2.36. The molecule has 0 radical (unpaired) electrons. The molecule has 0 saturated heterocycles. The van der Waals surface area contributed by atoms with E-state index in [1.54, 1.807) is 12.3 Å². The molecule has 1 atom stereocenters. The van der Waals surface area contributed by atoms with Gasteiger partial charge in [-0.05, 0) is 20.0 Å². The van der Waals surface area contributed by atoms with Crippen molar-refractivity contribution >= 4 is 10.9 Å². The van der Waals surface area contributed by atoms with Crippen molar-refractivity contribution in [3.8, 4) is 0 Å². The molecule has 0 aliphatic heterocycles. The van der Waals surface area contributed by atoms with Crippen LogP contribution in [0.4, 0.5) is 4.39 Å². The van der Waals surface area contributed by atoms with Crippen molar-refractivity contribution in [3.63, 3.8) is 0 Å². The molecule has 0 aliphatic rings. The second kappa shape index (κ2) is 4.53. The number of hydrogen-bond acceptors (Lipinski definition) is 3. The maximum Gasteiger partial charge on any atom is 0.149 e. The fourth-order valence-corrected chi connectivity index (χ4v) is 1.53. The van der Waals surface area contributed by atoms with Crippen LogP contribution in [0.1, 0.15) is 12.7 Å². The Hall–Kier alpha value is -1.55. The normalized spacial score (nSPS) is 12.9. The molecule has 4 heteroatoms. The lowest BCUT2D eigenvalue weighted by atomic mass is 10.2. The van der Waals surface area contributed by atoms with Crippen LogP contribution in [0, 0.1) is 5.82 Å². The molecule has 0 spiro atoms. The van der Waals surface area contributed by atoms with E-state index in [-0.39, 0.29) is 11.9 Å². The Morgan fingerprint density at radius 1 is 1.44 bits per heavy atom. The number of hydrogen-bond donors (Lipinski definition) is 1. The minimum atomic E-state index is -0.293. The van der Waals surface area contributed by atoms with Crippen LogP contribution in [0.15, 0.2) is 24.4 Å². The van der Waals surface area contributed by atoms with Crippen LogP contribution in [0.2, 0.25) is 0 Å². The predicted molar refractivity (Wildman–Crippen MR) is 61.7 cm³/mol. The molecular weight excluding hydrogens is 205 g/mol. The van der Waals surface area contributed by atoms with Crippen molar-refractivity contribution in [3.05, 3.63) is 36.0 Å². The quantitative estimate of drug-likeness (QED) is 0.857. The van der Waals surface area contributed by atoms with Crippen LogP contribution < -0.4 is 5.32 Å². The maximum atomic E-state index is 13.5. The summed E-state index contributed by atoms with van der Waals surface area (Å²) in [5.41, 5.74) is 0.399. The van der Waals surface area contributed by atoms with Crippen molar-refractivity contribution in [2.24, 2.45) is 0 Å². The van der Waals surface area contributed by atoms with Crippen LogP contribution in [0.25, 0.3) is 10.9 Å². The standard InChI is InChI=1S/C12H14FN3/c1-8(14-2)6-11-15-7-9-4-3-5-10(13)12(9)16-11/h3-5,7-8,14H,6H2,1-2H3. The van der Waals surface area contributed by atoms with Crippen molar-refractivity contribution < 1.29 is 4.39 Å². The van der Waals surface area contributed by atoms with Gasteiger partial charge in [-0.1, -0.05) is 12.1 Å². The Morgan fingerprint density at radius 3 is 3.00 bits per heavy atom. The second-order valence-electron chi connectivity index (χ2n) is 3.86. The lowest BCUT2D eigenvalue weighted by Gasteiger charge is -2.08. The number of rotatable bonds is 3.